The van der Waals surface area contributed by atoms with Crippen LogP contribution in [0.3, 0.4) is 0 Å². The Kier molecular flexibility index (Phi) is 6.34. The van der Waals surface area contributed by atoms with Crippen LogP contribution in [0.1, 0.15) is 43.1 Å². The molecule has 0 aromatic heterocycles. The van der Waals surface area contributed by atoms with Crippen LogP contribution in [0.15, 0.2) is 18.2 Å². The predicted molar refractivity (Wildman–Crippen MR) is 82.3 cm³/mol. The number of hydrogen-bond donors (Lipinski definition) is 2. The quantitative estimate of drug-likeness (QED) is 0.822. The first-order chi connectivity index (χ1) is 10.2. The number of benzene rings is 1. The lowest BCUT2D eigenvalue weighted by Crippen LogP contribution is -2.34. The fourth-order valence-electron chi connectivity index (χ4n) is 1.73. The third-order valence-electron chi connectivity index (χ3n) is 2.75. The molecule has 0 radical (unpaired) electrons. The average Bonchev–Trinajstić information content (AvgIpc) is 2.38. The summed E-state index contributed by atoms with van der Waals surface area (Å²) in [5.41, 5.74) is 0.499. The molecule has 0 fully saturated rings. The van der Waals surface area contributed by atoms with Gasteiger partial charge >= 0.3 is 6.09 Å². The molecule has 0 saturated heterocycles. The highest BCUT2D eigenvalue weighted by Gasteiger charge is 2.15. The van der Waals surface area contributed by atoms with E-state index in [0.717, 1.165) is 0 Å². The molecule has 0 aliphatic carbocycles. The number of hydrogen-bond acceptors (Lipinski definition) is 3. The van der Waals surface area contributed by atoms with Crippen LogP contribution in [0.2, 0.25) is 0 Å². The van der Waals surface area contributed by atoms with Crippen LogP contribution in [-0.2, 0) is 4.74 Å². The van der Waals surface area contributed by atoms with Gasteiger partial charge in [0.1, 0.15) is 11.4 Å². The minimum Gasteiger partial charge on any atom is -0.444 e. The predicted octanol–water partition coefficient (Wildman–Crippen LogP) is 2.78. The van der Waals surface area contributed by atoms with Gasteiger partial charge in [-0.1, -0.05) is 6.07 Å². The maximum atomic E-state index is 13.1. The Hall–Kier alpha value is -2.11. The van der Waals surface area contributed by atoms with Gasteiger partial charge in [-0.15, -0.1) is 0 Å². The molecule has 1 aromatic carbocycles. The van der Waals surface area contributed by atoms with Crippen molar-refractivity contribution in [2.75, 3.05) is 13.1 Å². The van der Waals surface area contributed by atoms with E-state index in [1.54, 1.807) is 33.8 Å². The fourth-order valence-corrected chi connectivity index (χ4v) is 1.73. The molecule has 0 saturated carbocycles. The van der Waals surface area contributed by atoms with Crippen molar-refractivity contribution in [3.63, 3.8) is 0 Å². The zero-order valence-corrected chi connectivity index (χ0v) is 13.5. The summed E-state index contributed by atoms with van der Waals surface area (Å²) in [6.07, 6.45) is 0.0686. The number of alkyl carbamates (subject to hydrolysis) is 1. The van der Waals surface area contributed by atoms with Crippen molar-refractivity contribution in [1.29, 1.82) is 0 Å². The SMILES string of the molecule is Cc1ccc(F)cc1C(=O)NCCCNC(=O)OC(C)(C)C. The van der Waals surface area contributed by atoms with Crippen molar-refractivity contribution in [2.24, 2.45) is 0 Å². The zero-order chi connectivity index (χ0) is 16.8. The summed E-state index contributed by atoms with van der Waals surface area (Å²) in [6.45, 7) is 7.87. The van der Waals surface area contributed by atoms with Gasteiger partial charge in [0.05, 0.1) is 0 Å². The lowest BCUT2D eigenvalue weighted by molar-refractivity contribution is 0.0527. The molecular weight excluding hydrogens is 287 g/mol. The summed E-state index contributed by atoms with van der Waals surface area (Å²) in [5, 5.41) is 5.29. The number of halogens is 1. The van der Waals surface area contributed by atoms with Crippen molar-refractivity contribution in [3.8, 4) is 0 Å². The van der Waals surface area contributed by atoms with Crippen molar-refractivity contribution in [1.82, 2.24) is 10.6 Å². The lowest BCUT2D eigenvalue weighted by atomic mass is 10.1. The fraction of sp³-hybridized carbons (Fsp3) is 0.500. The van der Waals surface area contributed by atoms with Gasteiger partial charge in [-0.25, -0.2) is 9.18 Å². The molecule has 0 aliphatic rings. The highest BCUT2D eigenvalue weighted by atomic mass is 19.1. The van der Waals surface area contributed by atoms with Crippen molar-refractivity contribution >= 4 is 12.0 Å². The first-order valence-electron chi connectivity index (χ1n) is 7.20. The molecule has 5 nitrogen and oxygen atoms in total. The first-order valence-corrected chi connectivity index (χ1v) is 7.20. The number of amides is 2. The van der Waals surface area contributed by atoms with E-state index in [1.165, 1.54) is 12.1 Å². The summed E-state index contributed by atoms with van der Waals surface area (Å²) < 4.78 is 18.2. The zero-order valence-electron chi connectivity index (χ0n) is 13.5. The molecule has 0 spiro atoms. The van der Waals surface area contributed by atoms with Crippen molar-refractivity contribution in [3.05, 3.63) is 35.1 Å². The van der Waals surface area contributed by atoms with E-state index in [2.05, 4.69) is 10.6 Å². The second-order valence-electron chi connectivity index (χ2n) is 6.00. The van der Waals surface area contributed by atoms with Gasteiger partial charge in [0.25, 0.3) is 5.91 Å². The maximum absolute atomic E-state index is 13.1. The Morgan fingerprint density at radius 3 is 2.45 bits per heavy atom. The largest absolute Gasteiger partial charge is 0.444 e. The summed E-state index contributed by atoms with van der Waals surface area (Å²) >= 11 is 0. The van der Waals surface area contributed by atoms with Crippen LogP contribution in [0.4, 0.5) is 9.18 Å². The highest BCUT2D eigenvalue weighted by Crippen LogP contribution is 2.10. The minimum atomic E-state index is -0.535. The molecule has 2 amide bonds. The van der Waals surface area contributed by atoms with Crippen LogP contribution in [0.25, 0.3) is 0 Å². The summed E-state index contributed by atoms with van der Waals surface area (Å²) in [6, 6.07) is 4.09. The molecule has 0 atom stereocenters. The Labute approximate surface area is 130 Å². The molecule has 1 rings (SSSR count). The topological polar surface area (TPSA) is 67.4 Å². The van der Waals surface area contributed by atoms with Crippen LogP contribution in [0.5, 0.6) is 0 Å². The summed E-state index contributed by atoms with van der Waals surface area (Å²) in [4.78, 5) is 23.3. The smallest absolute Gasteiger partial charge is 0.407 e. The number of rotatable bonds is 5. The van der Waals surface area contributed by atoms with E-state index in [1.807, 2.05) is 0 Å². The van der Waals surface area contributed by atoms with Gasteiger partial charge in [0, 0.05) is 18.7 Å². The van der Waals surface area contributed by atoms with Crippen molar-refractivity contribution < 1.29 is 18.7 Å². The normalized spacial score (nSPS) is 11.0. The molecule has 0 heterocycles. The van der Waals surface area contributed by atoms with Crippen LogP contribution in [-0.4, -0.2) is 30.7 Å². The van der Waals surface area contributed by atoms with E-state index < -0.39 is 17.5 Å². The molecule has 2 N–H and O–H groups in total. The summed E-state index contributed by atoms with van der Waals surface area (Å²) in [5.74, 6) is -0.767. The third kappa shape index (κ3) is 6.56. The summed E-state index contributed by atoms with van der Waals surface area (Å²) in [7, 11) is 0. The van der Waals surface area contributed by atoms with Gasteiger partial charge in [-0.3, -0.25) is 4.79 Å². The maximum Gasteiger partial charge on any atom is 0.407 e. The second kappa shape index (κ2) is 7.77. The van der Waals surface area contributed by atoms with Gasteiger partial charge in [0.2, 0.25) is 0 Å². The molecule has 0 aliphatic heterocycles. The monoisotopic (exact) mass is 310 g/mol. The van der Waals surface area contributed by atoms with Gasteiger partial charge in [0.15, 0.2) is 0 Å². The molecule has 22 heavy (non-hydrogen) atoms. The second-order valence-corrected chi connectivity index (χ2v) is 6.00. The third-order valence-corrected chi connectivity index (χ3v) is 2.75. The molecule has 122 valence electrons. The lowest BCUT2D eigenvalue weighted by Gasteiger charge is -2.19. The number of aryl methyl sites for hydroxylation is 1. The molecule has 6 heteroatoms. The van der Waals surface area contributed by atoms with Crippen LogP contribution >= 0.6 is 0 Å². The molecular formula is C16H23FN2O3. The van der Waals surface area contributed by atoms with E-state index >= 15 is 0 Å². The van der Waals surface area contributed by atoms with Crippen LogP contribution < -0.4 is 10.6 Å². The Balaban J connectivity index is 2.29. The first kappa shape index (κ1) is 17.9. The van der Waals surface area contributed by atoms with E-state index in [0.29, 0.717) is 30.6 Å². The molecule has 0 bridgehead atoms. The molecule has 0 unspecified atom stereocenters. The van der Waals surface area contributed by atoms with E-state index in [-0.39, 0.29) is 5.91 Å². The Bertz CT molecular complexity index is 539. The van der Waals surface area contributed by atoms with E-state index in [9.17, 15) is 14.0 Å². The van der Waals surface area contributed by atoms with Gasteiger partial charge in [-0.05, 0) is 51.8 Å². The number of carbonyl (C=O) groups excluding carboxylic acids is 2. The van der Waals surface area contributed by atoms with Crippen LogP contribution in [0, 0.1) is 12.7 Å². The van der Waals surface area contributed by atoms with E-state index in [4.69, 9.17) is 4.74 Å². The standard InChI is InChI=1S/C16H23FN2O3/c1-11-6-7-12(17)10-13(11)14(20)18-8-5-9-19-15(21)22-16(2,3)4/h6-7,10H,5,8-9H2,1-4H3,(H,18,20)(H,19,21). The van der Waals surface area contributed by atoms with Crippen molar-refractivity contribution in [2.45, 2.75) is 39.7 Å². The van der Waals surface area contributed by atoms with Gasteiger partial charge < -0.3 is 15.4 Å². The Morgan fingerprint density at radius 1 is 1.18 bits per heavy atom. The average molecular weight is 310 g/mol. The van der Waals surface area contributed by atoms with Gasteiger partial charge in [-0.2, -0.15) is 0 Å². The number of nitrogens with one attached hydrogen (secondary N) is 2. The molecule has 1 aromatic rings. The minimum absolute atomic E-state index is 0.320. The number of carbonyl (C=O) groups is 2. The number of ether oxygens (including phenoxy) is 1. The Morgan fingerprint density at radius 2 is 1.82 bits per heavy atom. The highest BCUT2D eigenvalue weighted by molar-refractivity contribution is 5.95.